The van der Waals surface area contributed by atoms with Crippen LogP contribution in [0.3, 0.4) is 0 Å². The topological polar surface area (TPSA) is 70.5 Å². The van der Waals surface area contributed by atoms with Crippen LogP contribution in [0.5, 0.6) is 11.5 Å². The molecular formula is C21H30N4O2. The van der Waals surface area contributed by atoms with Gasteiger partial charge in [0.25, 0.3) is 0 Å². The van der Waals surface area contributed by atoms with Gasteiger partial charge >= 0.3 is 0 Å². The second-order valence-electron chi connectivity index (χ2n) is 8.73. The number of benzene rings is 1. The molecular weight excluding hydrogens is 340 g/mol. The summed E-state index contributed by atoms with van der Waals surface area (Å²) in [5.74, 6) is 1.68. The molecule has 1 fully saturated rings. The molecule has 1 aromatic carbocycles. The zero-order chi connectivity index (χ0) is 19.8. The molecule has 0 unspecified atom stereocenters. The van der Waals surface area contributed by atoms with Crippen molar-refractivity contribution in [2.75, 3.05) is 19.1 Å². The smallest absolute Gasteiger partial charge is 0.151 e. The lowest BCUT2D eigenvalue weighted by molar-refractivity contribution is 0.160. The van der Waals surface area contributed by atoms with E-state index in [4.69, 9.17) is 4.74 Å². The second kappa shape index (κ2) is 7.00. The molecule has 2 aromatic rings. The van der Waals surface area contributed by atoms with Crippen LogP contribution in [0.4, 0.5) is 5.82 Å². The maximum absolute atomic E-state index is 9.79. The van der Waals surface area contributed by atoms with Crippen LogP contribution in [-0.4, -0.2) is 46.6 Å². The van der Waals surface area contributed by atoms with E-state index in [0.717, 1.165) is 24.2 Å². The highest BCUT2D eigenvalue weighted by atomic mass is 16.5. The minimum Gasteiger partial charge on any atom is -0.508 e. The number of rotatable bonds is 4. The summed E-state index contributed by atoms with van der Waals surface area (Å²) in [5.41, 5.74) is 1.54. The van der Waals surface area contributed by atoms with Crippen molar-refractivity contribution in [2.45, 2.75) is 57.7 Å². The quantitative estimate of drug-likeness (QED) is 0.857. The summed E-state index contributed by atoms with van der Waals surface area (Å²) in [7, 11) is 3.69. The van der Waals surface area contributed by atoms with E-state index in [9.17, 15) is 5.11 Å². The summed E-state index contributed by atoms with van der Waals surface area (Å²) in [6.45, 7) is 8.99. The van der Waals surface area contributed by atoms with E-state index in [1.54, 1.807) is 25.3 Å². The Kier molecular flexibility index (Phi) is 5.04. The average molecular weight is 370 g/mol. The number of phenolic OH excluding ortho intramolecular Hbond substituents is 1. The molecule has 0 bridgehead atoms. The van der Waals surface area contributed by atoms with E-state index in [1.165, 1.54) is 0 Å². The van der Waals surface area contributed by atoms with Gasteiger partial charge in [0.05, 0.1) is 12.8 Å². The van der Waals surface area contributed by atoms with Crippen LogP contribution < -0.4 is 15.0 Å². The van der Waals surface area contributed by atoms with Gasteiger partial charge in [0.2, 0.25) is 0 Å². The third-order valence-electron chi connectivity index (χ3n) is 5.19. The molecule has 2 N–H and O–H groups in total. The molecule has 146 valence electrons. The van der Waals surface area contributed by atoms with Gasteiger partial charge in [0.15, 0.2) is 5.82 Å². The van der Waals surface area contributed by atoms with Gasteiger partial charge in [-0.05, 0) is 70.9 Å². The van der Waals surface area contributed by atoms with Gasteiger partial charge in [-0.2, -0.15) is 0 Å². The Morgan fingerprint density at radius 1 is 1.07 bits per heavy atom. The first-order chi connectivity index (χ1) is 12.6. The second-order valence-corrected chi connectivity index (χ2v) is 8.73. The van der Waals surface area contributed by atoms with Crippen LogP contribution in [0.15, 0.2) is 30.3 Å². The molecule has 0 atom stereocenters. The molecule has 6 nitrogen and oxygen atoms in total. The predicted octanol–water partition coefficient (Wildman–Crippen LogP) is 3.60. The molecule has 1 aliphatic heterocycles. The summed E-state index contributed by atoms with van der Waals surface area (Å²) in [6, 6.07) is 9.25. The average Bonchev–Trinajstić information content (AvgIpc) is 2.58. The van der Waals surface area contributed by atoms with Gasteiger partial charge in [-0.1, -0.05) is 0 Å². The van der Waals surface area contributed by atoms with E-state index in [-0.39, 0.29) is 16.8 Å². The van der Waals surface area contributed by atoms with E-state index >= 15 is 0 Å². The zero-order valence-corrected chi connectivity index (χ0v) is 17.1. The summed E-state index contributed by atoms with van der Waals surface area (Å²) < 4.78 is 5.38. The molecule has 0 spiro atoms. The van der Waals surface area contributed by atoms with Crippen LogP contribution in [-0.2, 0) is 0 Å². The Labute approximate surface area is 161 Å². The number of phenols is 1. The van der Waals surface area contributed by atoms with Gasteiger partial charge in [0.1, 0.15) is 11.5 Å². The minimum absolute atomic E-state index is 0.0724. The first-order valence-electron chi connectivity index (χ1n) is 9.33. The van der Waals surface area contributed by atoms with Gasteiger partial charge in [-0.15, -0.1) is 10.2 Å². The Balaban J connectivity index is 1.84. The molecule has 0 aliphatic carbocycles. The van der Waals surface area contributed by atoms with Crippen molar-refractivity contribution in [3.05, 3.63) is 30.3 Å². The number of hydrogen-bond donors (Lipinski definition) is 2. The number of ether oxygens (including phenoxy) is 1. The van der Waals surface area contributed by atoms with Crippen molar-refractivity contribution >= 4 is 5.82 Å². The molecule has 1 aliphatic rings. The zero-order valence-electron chi connectivity index (χ0n) is 17.1. The van der Waals surface area contributed by atoms with Crippen molar-refractivity contribution in [1.82, 2.24) is 15.5 Å². The molecule has 1 saturated heterocycles. The highest BCUT2D eigenvalue weighted by Gasteiger charge is 2.39. The van der Waals surface area contributed by atoms with E-state index in [0.29, 0.717) is 17.5 Å². The number of piperidine rings is 1. The van der Waals surface area contributed by atoms with Crippen LogP contribution in [0, 0.1) is 0 Å². The largest absolute Gasteiger partial charge is 0.508 e. The fourth-order valence-electron chi connectivity index (χ4n) is 4.28. The van der Waals surface area contributed by atoms with Gasteiger partial charge in [-0.3, -0.25) is 0 Å². The summed E-state index contributed by atoms with van der Waals surface area (Å²) >= 11 is 0. The standard InChI is InChI=1S/C21H30N4O2/c1-20(2)12-14(13-21(3,4)24-20)25(5)19-10-8-17(22-23-19)16-11-15(26)7-9-18(16)27-6/h7-11,14,24,26H,12-13H2,1-6H3. The Bertz CT molecular complexity index is 786. The van der Waals surface area contributed by atoms with Crippen LogP contribution in [0.25, 0.3) is 11.3 Å². The number of aromatic nitrogens is 2. The van der Waals surface area contributed by atoms with Crippen molar-refractivity contribution in [3.8, 4) is 22.8 Å². The lowest BCUT2D eigenvalue weighted by atomic mass is 9.79. The number of hydrogen-bond acceptors (Lipinski definition) is 6. The van der Waals surface area contributed by atoms with Crippen molar-refractivity contribution in [1.29, 1.82) is 0 Å². The minimum atomic E-state index is 0.0724. The van der Waals surface area contributed by atoms with E-state index < -0.39 is 0 Å². The monoisotopic (exact) mass is 370 g/mol. The SMILES string of the molecule is COc1ccc(O)cc1-c1ccc(N(C)C2CC(C)(C)NC(C)(C)C2)nn1. The maximum Gasteiger partial charge on any atom is 0.151 e. The van der Waals surface area contributed by atoms with Gasteiger partial charge in [-0.25, -0.2) is 0 Å². The number of anilines is 1. The number of nitrogens with zero attached hydrogens (tertiary/aromatic N) is 3. The van der Waals surface area contributed by atoms with E-state index in [1.807, 2.05) is 12.1 Å². The van der Waals surface area contributed by atoms with Gasteiger partial charge in [0, 0.05) is 29.7 Å². The number of aromatic hydroxyl groups is 1. The molecule has 6 heteroatoms. The summed E-state index contributed by atoms with van der Waals surface area (Å²) in [5, 5.41) is 22.3. The molecule has 27 heavy (non-hydrogen) atoms. The molecule has 0 saturated carbocycles. The fraction of sp³-hybridized carbons (Fsp3) is 0.524. The highest BCUT2D eigenvalue weighted by molar-refractivity contribution is 5.69. The van der Waals surface area contributed by atoms with Crippen LogP contribution >= 0.6 is 0 Å². The highest BCUT2D eigenvalue weighted by Crippen LogP contribution is 2.34. The third kappa shape index (κ3) is 4.33. The summed E-state index contributed by atoms with van der Waals surface area (Å²) in [6.07, 6.45) is 2.08. The number of nitrogens with one attached hydrogen (secondary N) is 1. The molecule has 3 rings (SSSR count). The van der Waals surface area contributed by atoms with Crippen molar-refractivity contribution < 1.29 is 9.84 Å². The number of methoxy groups -OCH3 is 1. The fourth-order valence-corrected chi connectivity index (χ4v) is 4.28. The Morgan fingerprint density at radius 2 is 1.74 bits per heavy atom. The lowest BCUT2D eigenvalue weighted by Gasteiger charge is -2.49. The predicted molar refractivity (Wildman–Crippen MR) is 108 cm³/mol. The lowest BCUT2D eigenvalue weighted by Crippen LogP contribution is -2.62. The normalized spacial score (nSPS) is 18.9. The summed E-state index contributed by atoms with van der Waals surface area (Å²) in [4.78, 5) is 2.22. The maximum atomic E-state index is 9.79. The molecule has 0 radical (unpaired) electrons. The van der Waals surface area contributed by atoms with Crippen molar-refractivity contribution in [2.24, 2.45) is 0 Å². The first kappa shape index (κ1) is 19.4. The van der Waals surface area contributed by atoms with Gasteiger partial charge < -0.3 is 20.1 Å². The Morgan fingerprint density at radius 3 is 2.30 bits per heavy atom. The third-order valence-corrected chi connectivity index (χ3v) is 5.19. The Hall–Kier alpha value is -2.34. The van der Waals surface area contributed by atoms with Crippen LogP contribution in [0.2, 0.25) is 0 Å². The van der Waals surface area contributed by atoms with E-state index in [2.05, 4.69) is 55.2 Å². The van der Waals surface area contributed by atoms with Crippen LogP contribution in [0.1, 0.15) is 40.5 Å². The molecule has 2 heterocycles. The molecule has 0 amide bonds. The van der Waals surface area contributed by atoms with Crippen molar-refractivity contribution in [3.63, 3.8) is 0 Å². The first-order valence-corrected chi connectivity index (χ1v) is 9.33. The molecule has 1 aromatic heterocycles.